The molecule has 6 nitrogen and oxygen atoms in total. The molecule has 1 unspecified atom stereocenters. The Kier molecular flexibility index (Phi) is 4.01. The smallest absolute Gasteiger partial charge is 0.306 e. The first kappa shape index (κ1) is 14.4. The highest BCUT2D eigenvalue weighted by Crippen LogP contribution is 2.26. The molecule has 2 heterocycles. The van der Waals surface area contributed by atoms with Crippen LogP contribution in [-0.4, -0.2) is 45.2 Å². The molecule has 1 fully saturated rings. The lowest BCUT2D eigenvalue weighted by molar-refractivity contribution is -0.144. The van der Waals surface area contributed by atoms with Crippen LogP contribution in [0.1, 0.15) is 35.6 Å². The van der Waals surface area contributed by atoms with Crippen molar-refractivity contribution in [2.45, 2.75) is 27.2 Å². The van der Waals surface area contributed by atoms with Crippen molar-refractivity contribution >= 4 is 11.9 Å². The van der Waals surface area contributed by atoms with Gasteiger partial charge < -0.3 is 10.0 Å². The molecule has 0 aromatic carbocycles. The number of nitrogens with zero attached hydrogens (tertiary/aromatic N) is 3. The molecule has 1 saturated heterocycles. The van der Waals surface area contributed by atoms with Gasteiger partial charge in [-0.15, -0.1) is 0 Å². The summed E-state index contributed by atoms with van der Waals surface area (Å²) in [5, 5.41) is 17.0. The fourth-order valence-corrected chi connectivity index (χ4v) is 2.33. The maximum Gasteiger partial charge on any atom is 0.306 e. The number of hydrogen-bond donors (Lipinski definition) is 1. The summed E-state index contributed by atoms with van der Waals surface area (Å²) in [7, 11) is 0. The Hall–Kier alpha value is -1.98. The highest BCUT2D eigenvalue weighted by molar-refractivity contribution is 5.96. The summed E-state index contributed by atoms with van der Waals surface area (Å²) in [5.74, 6) is -1.26. The number of carboxylic acid groups (broad SMARTS) is 1. The van der Waals surface area contributed by atoms with Gasteiger partial charge in [0.05, 0.1) is 22.9 Å². The third-order valence-corrected chi connectivity index (χ3v) is 3.85. The summed E-state index contributed by atoms with van der Waals surface area (Å²) in [4.78, 5) is 25.0. The van der Waals surface area contributed by atoms with E-state index in [9.17, 15) is 9.59 Å². The van der Waals surface area contributed by atoms with Crippen molar-refractivity contribution in [3.8, 4) is 0 Å². The van der Waals surface area contributed by atoms with Crippen LogP contribution in [0.2, 0.25) is 0 Å². The van der Waals surface area contributed by atoms with Crippen molar-refractivity contribution in [2.24, 2.45) is 11.8 Å². The number of hydrogen-bond acceptors (Lipinski definition) is 4. The summed E-state index contributed by atoms with van der Waals surface area (Å²) in [6, 6.07) is 1.75. The van der Waals surface area contributed by atoms with Crippen LogP contribution in [0, 0.1) is 18.8 Å². The van der Waals surface area contributed by atoms with Crippen LogP contribution in [0.3, 0.4) is 0 Å². The van der Waals surface area contributed by atoms with Gasteiger partial charge in [0.15, 0.2) is 0 Å². The Morgan fingerprint density at radius 3 is 2.65 bits per heavy atom. The number of likely N-dealkylation sites (tertiary alicyclic amines) is 1. The maximum atomic E-state index is 12.4. The molecule has 6 heteroatoms. The Morgan fingerprint density at radius 1 is 1.45 bits per heavy atom. The fraction of sp³-hybridized carbons (Fsp3) is 0.571. The van der Waals surface area contributed by atoms with Gasteiger partial charge in [-0.1, -0.05) is 13.8 Å². The van der Waals surface area contributed by atoms with Crippen molar-refractivity contribution < 1.29 is 14.7 Å². The van der Waals surface area contributed by atoms with Crippen molar-refractivity contribution in [1.82, 2.24) is 15.1 Å². The minimum absolute atomic E-state index is 0.0393. The molecule has 1 aromatic heterocycles. The average molecular weight is 277 g/mol. The number of carboxylic acids is 1. The van der Waals surface area contributed by atoms with Crippen molar-refractivity contribution in [3.05, 3.63) is 23.0 Å². The predicted octanol–water partition coefficient (Wildman–Crippen LogP) is 1.14. The molecule has 0 radical (unpaired) electrons. The molecular formula is C14H19N3O3. The van der Waals surface area contributed by atoms with Crippen LogP contribution >= 0.6 is 0 Å². The standard InChI is InChI=1S/C14H19N3O3/c1-4-12-11(5-8(2)15-16-12)13(18)17-6-10(7-17)9(3)14(19)20/h5,9-10H,4,6-7H2,1-3H3,(H,19,20). The third kappa shape index (κ3) is 2.64. The highest BCUT2D eigenvalue weighted by Gasteiger charge is 2.38. The minimum Gasteiger partial charge on any atom is -0.481 e. The number of aryl methyl sites for hydroxylation is 2. The molecular weight excluding hydrogens is 258 g/mol. The predicted molar refractivity (Wildman–Crippen MR) is 72.3 cm³/mol. The maximum absolute atomic E-state index is 12.4. The van der Waals surface area contributed by atoms with Crippen LogP contribution in [0.4, 0.5) is 0 Å². The van der Waals surface area contributed by atoms with Crippen LogP contribution in [0.15, 0.2) is 6.07 Å². The van der Waals surface area contributed by atoms with E-state index in [1.165, 1.54) is 0 Å². The first-order valence-corrected chi connectivity index (χ1v) is 6.79. The lowest BCUT2D eigenvalue weighted by Gasteiger charge is -2.41. The molecule has 1 aromatic rings. The van der Waals surface area contributed by atoms with E-state index in [4.69, 9.17) is 5.11 Å². The zero-order chi connectivity index (χ0) is 14.9. The van der Waals surface area contributed by atoms with Crippen LogP contribution in [-0.2, 0) is 11.2 Å². The van der Waals surface area contributed by atoms with Crippen molar-refractivity contribution in [1.29, 1.82) is 0 Å². The fourth-order valence-electron chi connectivity index (χ4n) is 2.33. The minimum atomic E-state index is -0.808. The number of carbonyl (C=O) groups is 2. The molecule has 1 atom stereocenters. The van der Waals surface area contributed by atoms with Crippen LogP contribution in [0.5, 0.6) is 0 Å². The quantitative estimate of drug-likeness (QED) is 0.892. The number of amides is 1. The van der Waals surface area contributed by atoms with E-state index < -0.39 is 11.9 Å². The van der Waals surface area contributed by atoms with Gasteiger partial charge in [0.1, 0.15) is 0 Å². The Balaban J connectivity index is 2.08. The number of carbonyl (C=O) groups excluding carboxylic acids is 1. The van der Waals surface area contributed by atoms with E-state index in [1.54, 1.807) is 24.8 Å². The molecule has 0 bridgehead atoms. The van der Waals surface area contributed by atoms with Gasteiger partial charge in [-0.2, -0.15) is 10.2 Å². The third-order valence-electron chi connectivity index (χ3n) is 3.85. The Labute approximate surface area is 117 Å². The first-order chi connectivity index (χ1) is 9.43. The molecule has 20 heavy (non-hydrogen) atoms. The Morgan fingerprint density at radius 2 is 2.10 bits per heavy atom. The van der Waals surface area contributed by atoms with Gasteiger partial charge in [0.25, 0.3) is 5.91 Å². The number of aliphatic carboxylic acids is 1. The topological polar surface area (TPSA) is 83.4 Å². The van der Waals surface area contributed by atoms with Gasteiger partial charge in [-0.05, 0) is 19.4 Å². The van der Waals surface area contributed by atoms with Crippen LogP contribution in [0.25, 0.3) is 0 Å². The molecule has 0 spiro atoms. The monoisotopic (exact) mass is 277 g/mol. The van der Waals surface area contributed by atoms with E-state index in [-0.39, 0.29) is 11.8 Å². The average Bonchev–Trinajstić information content (AvgIpc) is 2.36. The zero-order valence-electron chi connectivity index (χ0n) is 12.0. The lowest BCUT2D eigenvalue weighted by atomic mass is 9.86. The second kappa shape index (κ2) is 5.56. The van der Waals surface area contributed by atoms with Crippen molar-refractivity contribution in [2.75, 3.05) is 13.1 Å². The molecule has 1 aliphatic heterocycles. The summed E-state index contributed by atoms with van der Waals surface area (Å²) in [5.41, 5.74) is 1.98. The second-order valence-electron chi connectivity index (χ2n) is 5.30. The van der Waals surface area contributed by atoms with Crippen LogP contribution < -0.4 is 0 Å². The first-order valence-electron chi connectivity index (χ1n) is 6.79. The van der Waals surface area contributed by atoms with Gasteiger partial charge in [-0.25, -0.2) is 0 Å². The molecule has 2 rings (SSSR count). The van der Waals surface area contributed by atoms with E-state index in [0.717, 1.165) is 0 Å². The number of rotatable bonds is 4. The molecule has 1 aliphatic rings. The van der Waals surface area contributed by atoms with E-state index in [0.29, 0.717) is 36.5 Å². The largest absolute Gasteiger partial charge is 0.481 e. The van der Waals surface area contributed by atoms with Gasteiger partial charge in [0, 0.05) is 19.0 Å². The van der Waals surface area contributed by atoms with E-state index in [1.807, 2.05) is 6.92 Å². The molecule has 0 saturated carbocycles. The summed E-state index contributed by atoms with van der Waals surface area (Å²) < 4.78 is 0. The highest BCUT2D eigenvalue weighted by atomic mass is 16.4. The summed E-state index contributed by atoms with van der Waals surface area (Å²) in [6.45, 7) is 6.41. The second-order valence-corrected chi connectivity index (χ2v) is 5.30. The molecule has 0 aliphatic carbocycles. The summed E-state index contributed by atoms with van der Waals surface area (Å²) in [6.07, 6.45) is 0.650. The zero-order valence-corrected chi connectivity index (χ0v) is 12.0. The molecule has 1 N–H and O–H groups in total. The van der Waals surface area contributed by atoms with Gasteiger partial charge in [-0.3, -0.25) is 9.59 Å². The lowest BCUT2D eigenvalue weighted by Crippen LogP contribution is -2.53. The van der Waals surface area contributed by atoms with E-state index in [2.05, 4.69) is 10.2 Å². The van der Waals surface area contributed by atoms with Crippen molar-refractivity contribution in [3.63, 3.8) is 0 Å². The molecule has 1 amide bonds. The van der Waals surface area contributed by atoms with Gasteiger partial charge in [0.2, 0.25) is 0 Å². The van der Waals surface area contributed by atoms with E-state index >= 15 is 0 Å². The summed E-state index contributed by atoms with van der Waals surface area (Å²) >= 11 is 0. The number of aromatic nitrogens is 2. The Bertz CT molecular complexity index is 538. The molecule has 108 valence electrons. The normalized spacial score (nSPS) is 16.6. The van der Waals surface area contributed by atoms with Gasteiger partial charge >= 0.3 is 5.97 Å². The SMILES string of the molecule is CCc1nnc(C)cc1C(=O)N1CC(C(C)C(=O)O)C1.